The van der Waals surface area contributed by atoms with Crippen LogP contribution in [0.4, 0.5) is 0 Å². The van der Waals surface area contributed by atoms with Crippen LogP contribution < -0.4 is 5.32 Å². The highest BCUT2D eigenvalue weighted by molar-refractivity contribution is 5.85. The zero-order valence-electron chi connectivity index (χ0n) is 16.8. The smallest absolute Gasteiger partial charge is 0.222 e. The molecule has 156 valence electrons. The lowest BCUT2D eigenvalue weighted by Gasteiger charge is -2.35. The Kier molecular flexibility index (Phi) is 9.79. The van der Waals surface area contributed by atoms with Gasteiger partial charge in [-0.3, -0.25) is 9.59 Å². The number of rotatable bonds is 7. The molecule has 0 radical (unpaired) electrons. The van der Waals surface area contributed by atoms with Gasteiger partial charge in [-0.2, -0.15) is 0 Å². The van der Waals surface area contributed by atoms with Crippen molar-refractivity contribution in [2.45, 2.75) is 44.9 Å². The summed E-state index contributed by atoms with van der Waals surface area (Å²) in [6.45, 7) is 4.92. The van der Waals surface area contributed by atoms with Gasteiger partial charge in [0, 0.05) is 39.0 Å². The van der Waals surface area contributed by atoms with Crippen LogP contribution in [0, 0.1) is 5.92 Å². The Morgan fingerprint density at radius 3 is 2.07 bits per heavy atom. The van der Waals surface area contributed by atoms with Gasteiger partial charge in [0.1, 0.15) is 0 Å². The first-order valence-corrected chi connectivity index (χ1v) is 10.5. The summed E-state index contributed by atoms with van der Waals surface area (Å²) in [5, 5.41) is 3.37. The molecule has 1 aromatic rings. The molecule has 5 nitrogen and oxygen atoms in total. The Balaban J connectivity index is 0.00000280. The quantitative estimate of drug-likeness (QED) is 0.756. The summed E-state index contributed by atoms with van der Waals surface area (Å²) in [6.07, 6.45) is 6.49. The normalized spacial score (nSPS) is 17.9. The first kappa shape index (κ1) is 22.7. The number of carbonyl (C=O) groups is 2. The van der Waals surface area contributed by atoms with Crippen molar-refractivity contribution in [1.82, 2.24) is 15.1 Å². The lowest BCUT2D eigenvalue weighted by atomic mass is 9.93. The Bertz CT molecular complexity index is 597. The molecule has 0 atom stereocenters. The van der Waals surface area contributed by atoms with E-state index in [-0.39, 0.29) is 24.2 Å². The molecule has 3 rings (SSSR count). The van der Waals surface area contributed by atoms with Crippen LogP contribution in [-0.2, 0) is 16.0 Å². The third kappa shape index (κ3) is 7.10. The average molecular weight is 408 g/mol. The number of hydrogen-bond donors (Lipinski definition) is 1. The third-order valence-corrected chi connectivity index (χ3v) is 5.91. The first-order valence-electron chi connectivity index (χ1n) is 10.5. The van der Waals surface area contributed by atoms with E-state index in [4.69, 9.17) is 0 Å². The molecule has 2 amide bonds. The molecule has 2 fully saturated rings. The predicted octanol–water partition coefficient (Wildman–Crippen LogP) is 2.88. The number of aryl methyl sites for hydroxylation is 1. The Morgan fingerprint density at radius 1 is 0.893 bits per heavy atom. The van der Waals surface area contributed by atoms with E-state index < -0.39 is 0 Å². The van der Waals surface area contributed by atoms with E-state index in [0.717, 1.165) is 32.4 Å². The van der Waals surface area contributed by atoms with Gasteiger partial charge < -0.3 is 15.1 Å². The standard InChI is InChI=1S/C22H33N3O2.ClH/c26-21(8-4-7-19-5-2-1-3-6-19)24-15-17-25(18-16-24)22(27)10-9-20-11-13-23-14-12-20;/h1-3,5-6,20,23H,4,7-18H2;1H. The number of halogens is 1. The molecule has 28 heavy (non-hydrogen) atoms. The maximum absolute atomic E-state index is 12.5. The molecular weight excluding hydrogens is 374 g/mol. The summed E-state index contributed by atoms with van der Waals surface area (Å²) in [4.78, 5) is 28.8. The summed E-state index contributed by atoms with van der Waals surface area (Å²) in [7, 11) is 0. The van der Waals surface area contributed by atoms with Crippen molar-refractivity contribution in [2.24, 2.45) is 5.92 Å². The molecule has 0 aromatic heterocycles. The number of nitrogens with zero attached hydrogens (tertiary/aromatic N) is 2. The van der Waals surface area contributed by atoms with Crippen LogP contribution >= 0.6 is 12.4 Å². The van der Waals surface area contributed by atoms with Crippen molar-refractivity contribution in [3.63, 3.8) is 0 Å². The second-order valence-electron chi connectivity index (χ2n) is 7.83. The fourth-order valence-electron chi connectivity index (χ4n) is 4.11. The van der Waals surface area contributed by atoms with Crippen LogP contribution in [0.2, 0.25) is 0 Å². The second-order valence-corrected chi connectivity index (χ2v) is 7.83. The van der Waals surface area contributed by atoms with Crippen molar-refractivity contribution < 1.29 is 9.59 Å². The molecule has 0 spiro atoms. The monoisotopic (exact) mass is 407 g/mol. The lowest BCUT2D eigenvalue weighted by Crippen LogP contribution is -2.50. The van der Waals surface area contributed by atoms with Crippen molar-refractivity contribution in [1.29, 1.82) is 0 Å². The summed E-state index contributed by atoms with van der Waals surface area (Å²) in [5.41, 5.74) is 1.29. The fourth-order valence-corrected chi connectivity index (χ4v) is 4.11. The zero-order chi connectivity index (χ0) is 18.9. The summed E-state index contributed by atoms with van der Waals surface area (Å²) in [5.74, 6) is 1.19. The average Bonchev–Trinajstić information content (AvgIpc) is 2.73. The summed E-state index contributed by atoms with van der Waals surface area (Å²) in [6, 6.07) is 10.3. The molecule has 2 heterocycles. The number of piperidine rings is 1. The van der Waals surface area contributed by atoms with E-state index in [1.54, 1.807) is 0 Å². The molecule has 2 aliphatic rings. The van der Waals surface area contributed by atoms with E-state index in [9.17, 15) is 9.59 Å². The van der Waals surface area contributed by atoms with Crippen LogP contribution in [0.3, 0.4) is 0 Å². The molecule has 0 unspecified atom stereocenters. The number of amides is 2. The largest absolute Gasteiger partial charge is 0.339 e. The second kappa shape index (κ2) is 12.1. The van der Waals surface area contributed by atoms with Crippen molar-refractivity contribution in [2.75, 3.05) is 39.3 Å². The maximum atomic E-state index is 12.5. The first-order chi connectivity index (χ1) is 13.2. The molecule has 1 aromatic carbocycles. The number of piperazine rings is 1. The molecule has 2 aliphatic heterocycles. The van der Waals surface area contributed by atoms with Gasteiger partial charge in [-0.15, -0.1) is 12.4 Å². The fraction of sp³-hybridized carbons (Fsp3) is 0.636. The van der Waals surface area contributed by atoms with Crippen LogP contribution in [0.15, 0.2) is 30.3 Å². The van der Waals surface area contributed by atoms with Crippen molar-refractivity contribution in [3.05, 3.63) is 35.9 Å². The number of hydrogen-bond acceptors (Lipinski definition) is 3. The van der Waals surface area contributed by atoms with Gasteiger partial charge in [-0.1, -0.05) is 30.3 Å². The van der Waals surface area contributed by atoms with E-state index in [1.807, 2.05) is 28.0 Å². The number of benzene rings is 1. The predicted molar refractivity (Wildman–Crippen MR) is 115 cm³/mol. The Morgan fingerprint density at radius 2 is 1.46 bits per heavy atom. The molecular formula is C22H34ClN3O2. The van der Waals surface area contributed by atoms with E-state index in [2.05, 4.69) is 17.4 Å². The van der Waals surface area contributed by atoms with Crippen LogP contribution in [0.25, 0.3) is 0 Å². The highest BCUT2D eigenvalue weighted by Gasteiger charge is 2.24. The van der Waals surface area contributed by atoms with Gasteiger partial charge in [-0.05, 0) is 56.7 Å². The number of carbonyl (C=O) groups excluding carboxylic acids is 2. The van der Waals surface area contributed by atoms with Crippen molar-refractivity contribution in [3.8, 4) is 0 Å². The Labute approximate surface area is 175 Å². The molecule has 0 bridgehead atoms. The SMILES string of the molecule is Cl.O=C(CCCc1ccccc1)N1CCN(C(=O)CCC2CCNCC2)CC1. The topological polar surface area (TPSA) is 52.7 Å². The zero-order valence-corrected chi connectivity index (χ0v) is 17.6. The van der Waals surface area contributed by atoms with Crippen LogP contribution in [-0.4, -0.2) is 60.9 Å². The van der Waals surface area contributed by atoms with Gasteiger partial charge in [0.2, 0.25) is 11.8 Å². The van der Waals surface area contributed by atoms with Gasteiger partial charge in [0.15, 0.2) is 0 Å². The minimum Gasteiger partial charge on any atom is -0.339 e. The van der Waals surface area contributed by atoms with E-state index in [0.29, 0.717) is 44.9 Å². The van der Waals surface area contributed by atoms with E-state index in [1.165, 1.54) is 18.4 Å². The molecule has 0 saturated carbocycles. The van der Waals surface area contributed by atoms with Gasteiger partial charge in [-0.25, -0.2) is 0 Å². The molecule has 1 N–H and O–H groups in total. The molecule has 2 saturated heterocycles. The van der Waals surface area contributed by atoms with Gasteiger partial charge >= 0.3 is 0 Å². The maximum Gasteiger partial charge on any atom is 0.222 e. The molecule has 0 aliphatic carbocycles. The van der Waals surface area contributed by atoms with Crippen LogP contribution in [0.1, 0.15) is 44.1 Å². The highest BCUT2D eigenvalue weighted by atomic mass is 35.5. The number of nitrogens with one attached hydrogen (secondary N) is 1. The van der Waals surface area contributed by atoms with Gasteiger partial charge in [0.25, 0.3) is 0 Å². The minimum atomic E-state index is 0. The van der Waals surface area contributed by atoms with Gasteiger partial charge in [0.05, 0.1) is 0 Å². The minimum absolute atomic E-state index is 0. The van der Waals surface area contributed by atoms with E-state index >= 15 is 0 Å². The lowest BCUT2D eigenvalue weighted by molar-refractivity contribution is -0.139. The summed E-state index contributed by atoms with van der Waals surface area (Å²) < 4.78 is 0. The third-order valence-electron chi connectivity index (χ3n) is 5.91. The van der Waals surface area contributed by atoms with Crippen molar-refractivity contribution >= 4 is 24.2 Å². The summed E-state index contributed by atoms with van der Waals surface area (Å²) >= 11 is 0. The van der Waals surface area contributed by atoms with Crippen LogP contribution in [0.5, 0.6) is 0 Å². The molecule has 6 heteroatoms. The Hall–Kier alpha value is -1.59. The highest BCUT2D eigenvalue weighted by Crippen LogP contribution is 2.19.